The number of hydrogen-bond donors (Lipinski definition) is 0. The van der Waals surface area contributed by atoms with Crippen LogP contribution in [0.2, 0.25) is 0 Å². The van der Waals surface area contributed by atoms with Crippen molar-refractivity contribution in [2.45, 2.75) is 6.92 Å². The van der Waals surface area contributed by atoms with Gasteiger partial charge in [0.1, 0.15) is 0 Å². The van der Waals surface area contributed by atoms with Crippen LogP contribution in [-0.4, -0.2) is 26.8 Å². The fraction of sp³-hybridized carbons (Fsp3) is 0.125. The van der Waals surface area contributed by atoms with Crippen LogP contribution in [0.25, 0.3) is 0 Å². The second kappa shape index (κ2) is 6.96. The lowest BCUT2D eigenvalue weighted by Crippen LogP contribution is -1.88. The predicted octanol–water partition coefficient (Wildman–Crippen LogP) is 1.06. The lowest BCUT2D eigenvalue weighted by molar-refractivity contribution is 0.101. The highest BCUT2D eigenvalue weighted by atomic mass is 28.3. The van der Waals surface area contributed by atoms with E-state index in [1.165, 1.54) is 0 Å². The molecule has 1 aromatic carbocycles. The first-order valence-electron chi connectivity index (χ1n) is 3.27. The van der Waals surface area contributed by atoms with Crippen LogP contribution in [0.4, 0.5) is 0 Å². The Hall–Kier alpha value is -0.716. The molecule has 0 saturated carbocycles. The number of rotatable bonds is 1. The first-order chi connectivity index (χ1) is 5.72. The minimum absolute atomic E-state index is 0.121. The molecule has 0 atom stereocenters. The van der Waals surface area contributed by atoms with Crippen molar-refractivity contribution in [1.29, 1.82) is 0 Å². The second-order valence-corrected chi connectivity index (χ2v) is 2.84. The van der Waals surface area contributed by atoms with E-state index < -0.39 is 0 Å². The standard InChI is InChI=1S/C8H8O.OSi2/c1-7(9)8-5-3-2-4-6-8;2-1-3/h2-6H,1H3;. The Morgan fingerprint density at radius 3 is 1.92 bits per heavy atom. The second-order valence-electron chi connectivity index (χ2n) is 2.02. The van der Waals surface area contributed by atoms with Crippen LogP contribution < -0.4 is 0 Å². The summed E-state index contributed by atoms with van der Waals surface area (Å²) in [6.45, 7) is 1.56. The third-order valence-corrected chi connectivity index (χ3v) is 1.18. The Labute approximate surface area is 79.0 Å². The summed E-state index contributed by atoms with van der Waals surface area (Å²) in [6, 6.07) is 9.23. The molecule has 0 N–H and O–H groups in total. The fourth-order valence-electron chi connectivity index (χ4n) is 0.673. The maximum absolute atomic E-state index is 10.6. The number of carbonyl (C=O) groups is 1. The minimum atomic E-state index is 0.121. The third kappa shape index (κ3) is 5.00. The monoisotopic (exact) mass is 192 g/mol. The smallest absolute Gasteiger partial charge is 0.229 e. The molecule has 0 aromatic heterocycles. The molecule has 4 heteroatoms. The van der Waals surface area contributed by atoms with Crippen LogP contribution in [0, 0.1) is 0 Å². The topological polar surface area (TPSA) is 26.3 Å². The van der Waals surface area contributed by atoms with Gasteiger partial charge in [-0.2, -0.15) is 0 Å². The highest BCUT2D eigenvalue weighted by molar-refractivity contribution is 6.15. The quantitative estimate of drug-likeness (QED) is 0.491. The van der Waals surface area contributed by atoms with E-state index in [2.05, 4.69) is 25.1 Å². The summed E-state index contributed by atoms with van der Waals surface area (Å²) < 4.78 is 3.86. The van der Waals surface area contributed by atoms with Gasteiger partial charge in [-0.3, -0.25) is 4.79 Å². The molecule has 0 amide bonds. The molecule has 2 nitrogen and oxygen atoms in total. The van der Waals surface area contributed by atoms with E-state index in [-0.39, 0.29) is 5.78 Å². The van der Waals surface area contributed by atoms with E-state index in [0.717, 1.165) is 5.56 Å². The van der Waals surface area contributed by atoms with Crippen LogP contribution in [0.1, 0.15) is 17.3 Å². The first kappa shape index (κ1) is 11.3. The number of ketones is 1. The van der Waals surface area contributed by atoms with Gasteiger partial charge in [0.05, 0.1) is 0 Å². The summed E-state index contributed by atoms with van der Waals surface area (Å²) in [5.74, 6) is 0.121. The van der Waals surface area contributed by atoms with Crippen molar-refractivity contribution in [2.75, 3.05) is 0 Å². The molecule has 6 radical (unpaired) electrons. The van der Waals surface area contributed by atoms with E-state index in [4.69, 9.17) is 0 Å². The maximum atomic E-state index is 10.6. The molecule has 0 saturated heterocycles. The zero-order chi connectivity index (χ0) is 9.40. The Morgan fingerprint density at radius 2 is 1.67 bits per heavy atom. The SMILES string of the molecule is CC(=O)c1ccccc1.[Si]O[Si]. The van der Waals surface area contributed by atoms with Crippen LogP contribution in [0.5, 0.6) is 0 Å². The van der Waals surface area contributed by atoms with Gasteiger partial charge in [-0.15, -0.1) is 0 Å². The maximum Gasteiger partial charge on any atom is 0.229 e. The van der Waals surface area contributed by atoms with Gasteiger partial charge < -0.3 is 4.12 Å². The lowest BCUT2D eigenvalue weighted by Gasteiger charge is -1.89. The van der Waals surface area contributed by atoms with Gasteiger partial charge in [-0.25, -0.2) is 0 Å². The van der Waals surface area contributed by atoms with E-state index in [1.54, 1.807) is 6.92 Å². The molecule has 0 aliphatic rings. The van der Waals surface area contributed by atoms with Crippen molar-refractivity contribution < 1.29 is 8.91 Å². The molecule has 0 fully saturated rings. The molecular formula is C8H8O2Si2. The van der Waals surface area contributed by atoms with Gasteiger partial charge in [0.2, 0.25) is 21.0 Å². The summed E-state index contributed by atoms with van der Waals surface area (Å²) in [5.41, 5.74) is 0.775. The molecule has 0 bridgehead atoms. The largest absolute Gasteiger partial charge is 0.458 e. The van der Waals surface area contributed by atoms with E-state index in [0.29, 0.717) is 0 Å². The summed E-state index contributed by atoms with van der Waals surface area (Å²) >= 11 is 0. The number of Topliss-reactive ketones (excluding diaryl/α,β-unsaturated/α-hetero) is 1. The Kier molecular flexibility index (Phi) is 6.55. The molecule has 0 unspecified atom stereocenters. The van der Waals surface area contributed by atoms with Crippen LogP contribution in [-0.2, 0) is 4.12 Å². The fourth-order valence-corrected chi connectivity index (χ4v) is 0.673. The van der Waals surface area contributed by atoms with Crippen LogP contribution in [0.3, 0.4) is 0 Å². The van der Waals surface area contributed by atoms with Gasteiger partial charge in [-0.1, -0.05) is 30.3 Å². The van der Waals surface area contributed by atoms with Gasteiger partial charge in [0, 0.05) is 5.56 Å². The normalized spacial score (nSPS) is 8.25. The summed E-state index contributed by atoms with van der Waals surface area (Å²) in [4.78, 5) is 10.6. The highest BCUT2D eigenvalue weighted by Crippen LogP contribution is 1.97. The van der Waals surface area contributed by atoms with Gasteiger partial charge in [0.25, 0.3) is 0 Å². The zero-order valence-electron chi connectivity index (χ0n) is 6.70. The number of benzene rings is 1. The third-order valence-electron chi connectivity index (χ3n) is 1.18. The number of hydrogen-bond acceptors (Lipinski definition) is 2. The lowest BCUT2D eigenvalue weighted by atomic mass is 10.2. The minimum Gasteiger partial charge on any atom is -0.458 e. The molecule has 12 heavy (non-hydrogen) atoms. The summed E-state index contributed by atoms with van der Waals surface area (Å²) in [6.07, 6.45) is 0. The average Bonchev–Trinajstić information content (AvgIpc) is 2.07. The molecule has 1 aromatic rings. The Balaban J connectivity index is 0.000000354. The summed E-state index contributed by atoms with van der Waals surface area (Å²) in [5, 5.41) is 0. The van der Waals surface area contributed by atoms with Gasteiger partial charge in [0.15, 0.2) is 5.78 Å². The first-order valence-corrected chi connectivity index (χ1v) is 4.09. The van der Waals surface area contributed by atoms with Crippen molar-refractivity contribution in [3.8, 4) is 0 Å². The van der Waals surface area contributed by atoms with Crippen molar-refractivity contribution in [3.05, 3.63) is 35.9 Å². The predicted molar refractivity (Wildman–Crippen MR) is 49.0 cm³/mol. The average molecular weight is 192 g/mol. The zero-order valence-corrected chi connectivity index (χ0v) is 8.70. The van der Waals surface area contributed by atoms with E-state index >= 15 is 0 Å². The number of carbonyl (C=O) groups excluding carboxylic acids is 1. The van der Waals surface area contributed by atoms with Crippen LogP contribution >= 0.6 is 0 Å². The molecule has 0 aliphatic heterocycles. The van der Waals surface area contributed by atoms with Gasteiger partial charge in [-0.05, 0) is 6.92 Å². The van der Waals surface area contributed by atoms with Crippen molar-refractivity contribution in [1.82, 2.24) is 0 Å². The van der Waals surface area contributed by atoms with E-state index in [1.807, 2.05) is 30.3 Å². The Bertz CT molecular complexity index is 224. The Morgan fingerprint density at radius 1 is 1.25 bits per heavy atom. The molecule has 1 rings (SSSR count). The molecule has 0 heterocycles. The molecule has 0 spiro atoms. The molecular weight excluding hydrogens is 184 g/mol. The summed E-state index contributed by atoms with van der Waals surface area (Å²) in [7, 11) is 5.19. The van der Waals surface area contributed by atoms with Crippen molar-refractivity contribution in [3.63, 3.8) is 0 Å². The molecule has 0 aliphatic carbocycles. The highest BCUT2D eigenvalue weighted by Gasteiger charge is 1.92. The van der Waals surface area contributed by atoms with Gasteiger partial charge >= 0.3 is 0 Å². The van der Waals surface area contributed by atoms with Crippen molar-refractivity contribution >= 4 is 26.8 Å². The van der Waals surface area contributed by atoms with Crippen LogP contribution in [0.15, 0.2) is 30.3 Å². The van der Waals surface area contributed by atoms with Crippen molar-refractivity contribution in [2.24, 2.45) is 0 Å². The van der Waals surface area contributed by atoms with E-state index in [9.17, 15) is 4.79 Å². The molecule has 60 valence electrons.